The molecule has 7 nitrogen and oxygen atoms in total. The van der Waals surface area contributed by atoms with Gasteiger partial charge in [0.1, 0.15) is 5.52 Å². The highest BCUT2D eigenvalue weighted by Gasteiger charge is 2.05. The molecule has 19 heavy (non-hydrogen) atoms. The van der Waals surface area contributed by atoms with Crippen molar-refractivity contribution in [3.05, 3.63) is 28.4 Å². The highest BCUT2D eigenvalue weighted by Crippen LogP contribution is 2.10. The first-order valence-corrected chi connectivity index (χ1v) is 6.04. The number of aromatic amines is 2. The molecule has 0 radical (unpaired) electrons. The van der Waals surface area contributed by atoms with Crippen LogP contribution < -0.4 is 10.9 Å². The summed E-state index contributed by atoms with van der Waals surface area (Å²) in [4.78, 5) is 20.7. The van der Waals surface area contributed by atoms with Crippen molar-refractivity contribution in [2.45, 2.75) is 13.5 Å². The number of nitrogens with one attached hydrogen (secondary N) is 3. The van der Waals surface area contributed by atoms with Crippen LogP contribution in [0.2, 0.25) is 0 Å². The van der Waals surface area contributed by atoms with Gasteiger partial charge in [-0.2, -0.15) is 0 Å². The number of aliphatic hydroxyl groups excluding tert-OH is 2. The van der Waals surface area contributed by atoms with Crippen LogP contribution in [-0.2, 0) is 6.54 Å². The van der Waals surface area contributed by atoms with Gasteiger partial charge in [-0.05, 0) is 7.05 Å². The first-order chi connectivity index (χ1) is 9.13. The van der Waals surface area contributed by atoms with Crippen LogP contribution >= 0.6 is 0 Å². The average Bonchev–Trinajstić information content (AvgIpc) is 2.84. The van der Waals surface area contributed by atoms with Crippen LogP contribution in [0, 0.1) is 5.92 Å². The van der Waals surface area contributed by atoms with Crippen LogP contribution in [0.5, 0.6) is 0 Å². The van der Waals surface area contributed by atoms with E-state index < -0.39 is 0 Å². The smallest absolute Gasteiger partial charge is 0.275 e. The molecule has 0 saturated heterocycles. The molecule has 0 bridgehead atoms. The highest BCUT2D eigenvalue weighted by atomic mass is 16.3. The molecule has 0 atom stereocenters. The Kier molecular flexibility index (Phi) is 6.20. The van der Waals surface area contributed by atoms with Crippen LogP contribution in [0.3, 0.4) is 0 Å². The third-order valence-electron chi connectivity index (χ3n) is 2.54. The monoisotopic (exact) mass is 268 g/mol. The fourth-order valence-corrected chi connectivity index (χ4v) is 1.39. The molecular weight excluding hydrogens is 248 g/mol. The average molecular weight is 268 g/mol. The summed E-state index contributed by atoms with van der Waals surface area (Å²) in [5.41, 5.74) is 2.14. The van der Waals surface area contributed by atoms with Crippen LogP contribution in [0.4, 0.5) is 0 Å². The Labute approximate surface area is 110 Å². The molecule has 0 saturated carbocycles. The normalized spacial score (nSPS) is 10.6. The zero-order valence-corrected chi connectivity index (χ0v) is 11.1. The first-order valence-electron chi connectivity index (χ1n) is 6.04. The minimum atomic E-state index is -0.132. The summed E-state index contributed by atoms with van der Waals surface area (Å²) in [7, 11) is 1.85. The second kappa shape index (κ2) is 7.67. The van der Waals surface area contributed by atoms with E-state index in [9.17, 15) is 4.79 Å². The molecule has 2 rings (SSSR count). The predicted octanol–water partition coefficient (Wildman–Crippen LogP) is -0.422. The van der Waals surface area contributed by atoms with Crippen LogP contribution in [0.1, 0.15) is 12.5 Å². The first kappa shape index (κ1) is 15.4. The van der Waals surface area contributed by atoms with Crippen molar-refractivity contribution >= 4 is 11.0 Å². The molecule has 106 valence electrons. The summed E-state index contributed by atoms with van der Waals surface area (Å²) in [5, 5.41) is 19.4. The zero-order valence-electron chi connectivity index (χ0n) is 11.1. The minimum absolute atomic E-state index is 0.0463. The van der Waals surface area contributed by atoms with E-state index in [-0.39, 0.29) is 24.7 Å². The highest BCUT2D eigenvalue weighted by molar-refractivity contribution is 5.77. The van der Waals surface area contributed by atoms with Gasteiger partial charge in [-0.1, -0.05) is 6.92 Å². The van der Waals surface area contributed by atoms with Crippen molar-refractivity contribution in [1.29, 1.82) is 0 Å². The molecule has 0 fully saturated rings. The number of aliphatic hydroxyl groups is 2. The summed E-state index contributed by atoms with van der Waals surface area (Å²) in [6, 6.07) is 0. The standard InChI is InChI=1S/C8H10N4O.C4H10O2/c1-9-2-5-3-10-7-6(5)11-4-12-8(7)13;1-4(2-5)3-6/h3-4,9-10H,2H2,1H3,(H,11,12,13);4-6H,2-3H2,1H3. The minimum Gasteiger partial charge on any atom is -0.396 e. The Morgan fingerprint density at radius 3 is 2.58 bits per heavy atom. The Morgan fingerprint density at radius 2 is 2.05 bits per heavy atom. The van der Waals surface area contributed by atoms with Gasteiger partial charge in [0.2, 0.25) is 0 Å². The second-order valence-electron chi connectivity index (χ2n) is 4.27. The molecule has 2 heterocycles. The largest absolute Gasteiger partial charge is 0.396 e. The number of H-pyrrole nitrogens is 2. The molecule has 0 aliphatic carbocycles. The van der Waals surface area contributed by atoms with E-state index in [0.717, 1.165) is 11.1 Å². The summed E-state index contributed by atoms with van der Waals surface area (Å²) in [6.07, 6.45) is 3.21. The maximum absolute atomic E-state index is 11.2. The summed E-state index contributed by atoms with van der Waals surface area (Å²) >= 11 is 0. The van der Waals surface area contributed by atoms with Gasteiger partial charge in [-0.15, -0.1) is 0 Å². The van der Waals surface area contributed by atoms with Gasteiger partial charge in [0.15, 0.2) is 0 Å². The van der Waals surface area contributed by atoms with E-state index in [1.54, 1.807) is 13.1 Å². The molecular formula is C12H20N4O3. The zero-order chi connectivity index (χ0) is 14.3. The van der Waals surface area contributed by atoms with E-state index in [1.807, 2.05) is 7.05 Å². The van der Waals surface area contributed by atoms with E-state index in [0.29, 0.717) is 12.1 Å². The van der Waals surface area contributed by atoms with Gasteiger partial charge in [0.25, 0.3) is 5.56 Å². The number of hydrogen-bond donors (Lipinski definition) is 5. The van der Waals surface area contributed by atoms with E-state index in [2.05, 4.69) is 20.3 Å². The quantitative estimate of drug-likeness (QED) is 0.516. The maximum atomic E-state index is 11.2. The van der Waals surface area contributed by atoms with Crippen molar-refractivity contribution in [1.82, 2.24) is 20.3 Å². The van der Waals surface area contributed by atoms with Crippen LogP contribution in [0.15, 0.2) is 17.3 Å². The Morgan fingerprint density at radius 1 is 1.37 bits per heavy atom. The topological polar surface area (TPSA) is 114 Å². The van der Waals surface area contributed by atoms with Crippen molar-refractivity contribution in [3.8, 4) is 0 Å². The second-order valence-corrected chi connectivity index (χ2v) is 4.27. The number of hydrogen-bond acceptors (Lipinski definition) is 5. The molecule has 0 amide bonds. The van der Waals surface area contributed by atoms with Gasteiger partial charge < -0.3 is 25.5 Å². The Bertz CT molecular complexity index is 545. The van der Waals surface area contributed by atoms with Gasteiger partial charge in [-0.25, -0.2) is 4.98 Å². The van der Waals surface area contributed by atoms with Crippen LogP contribution in [0.25, 0.3) is 11.0 Å². The van der Waals surface area contributed by atoms with Gasteiger partial charge in [-0.3, -0.25) is 4.79 Å². The third kappa shape index (κ3) is 4.16. The lowest BCUT2D eigenvalue weighted by Crippen LogP contribution is -2.07. The van der Waals surface area contributed by atoms with Gasteiger partial charge >= 0.3 is 0 Å². The lowest BCUT2D eigenvalue weighted by Gasteiger charge is -1.97. The predicted molar refractivity (Wildman–Crippen MR) is 72.8 cm³/mol. The number of rotatable bonds is 4. The molecule has 0 aliphatic heterocycles. The van der Waals surface area contributed by atoms with Crippen LogP contribution in [-0.4, -0.2) is 45.4 Å². The summed E-state index contributed by atoms with van der Waals surface area (Å²) in [5.74, 6) is 0.0463. The Balaban J connectivity index is 0.000000258. The molecule has 7 heteroatoms. The number of fused-ring (bicyclic) bond motifs is 1. The molecule has 2 aromatic rings. The van der Waals surface area contributed by atoms with Gasteiger partial charge in [0.05, 0.1) is 11.8 Å². The lowest BCUT2D eigenvalue weighted by molar-refractivity contribution is 0.162. The molecule has 0 aromatic carbocycles. The van der Waals surface area contributed by atoms with Crippen molar-refractivity contribution in [3.63, 3.8) is 0 Å². The van der Waals surface area contributed by atoms with Crippen molar-refractivity contribution < 1.29 is 10.2 Å². The molecule has 0 aliphatic rings. The molecule has 0 spiro atoms. The van der Waals surface area contributed by atoms with E-state index in [4.69, 9.17) is 10.2 Å². The summed E-state index contributed by atoms with van der Waals surface area (Å²) < 4.78 is 0. The van der Waals surface area contributed by atoms with E-state index >= 15 is 0 Å². The van der Waals surface area contributed by atoms with Gasteiger partial charge in [0, 0.05) is 37.4 Å². The fraction of sp³-hybridized carbons (Fsp3) is 0.500. The summed E-state index contributed by atoms with van der Waals surface area (Å²) in [6.45, 7) is 2.64. The fourth-order valence-electron chi connectivity index (χ4n) is 1.39. The SMILES string of the molecule is CC(CO)CO.CNCc1c[nH]c2c(=O)[nH]cnc12. The third-order valence-corrected chi connectivity index (χ3v) is 2.54. The molecule has 5 N–H and O–H groups in total. The van der Waals surface area contributed by atoms with Crippen molar-refractivity contribution in [2.24, 2.45) is 5.92 Å². The Hall–Kier alpha value is -1.70. The lowest BCUT2D eigenvalue weighted by atomic mass is 10.2. The van der Waals surface area contributed by atoms with Crippen molar-refractivity contribution in [2.75, 3.05) is 20.3 Å². The molecule has 0 unspecified atom stereocenters. The molecule has 2 aromatic heterocycles. The number of aromatic nitrogens is 3. The maximum Gasteiger partial charge on any atom is 0.275 e. The van der Waals surface area contributed by atoms with E-state index in [1.165, 1.54) is 6.33 Å². The number of nitrogens with zero attached hydrogens (tertiary/aromatic N) is 1.